The summed E-state index contributed by atoms with van der Waals surface area (Å²) in [5.74, 6) is 1.88. The van der Waals surface area contributed by atoms with Crippen LogP contribution in [0.25, 0.3) is 0 Å². The number of hydrogen-bond acceptors (Lipinski definition) is 2. The van der Waals surface area contributed by atoms with Crippen molar-refractivity contribution in [1.82, 2.24) is 0 Å². The first kappa shape index (κ1) is 14.0. The molecule has 1 aliphatic carbocycles. The second-order valence-electron chi connectivity index (χ2n) is 5.40. The van der Waals surface area contributed by atoms with Gasteiger partial charge in [0.1, 0.15) is 0 Å². The Morgan fingerprint density at radius 1 is 1.24 bits per heavy atom. The number of thiophene rings is 1. The molecule has 3 atom stereocenters. The quantitative estimate of drug-likeness (QED) is 0.729. The van der Waals surface area contributed by atoms with E-state index in [2.05, 4.69) is 45.7 Å². The van der Waals surface area contributed by atoms with Gasteiger partial charge in [0.25, 0.3) is 0 Å². The van der Waals surface area contributed by atoms with E-state index in [1.165, 1.54) is 6.42 Å². The molecule has 1 fully saturated rings. The fourth-order valence-electron chi connectivity index (χ4n) is 3.08. The third-order valence-corrected chi connectivity index (χ3v) is 6.05. The standard InChI is InChI=1S/C13H18Br2OS/c1-7-3-8(2)5-9(4-7)12(16)10-6-11(14)17-13(10)15/h6-9,12,16H,3-5H2,1-2H3. The van der Waals surface area contributed by atoms with Gasteiger partial charge in [-0.25, -0.2) is 0 Å². The first-order chi connectivity index (χ1) is 7.97. The summed E-state index contributed by atoms with van der Waals surface area (Å²) in [6, 6.07) is 2.04. The van der Waals surface area contributed by atoms with Crippen molar-refractivity contribution in [1.29, 1.82) is 0 Å². The normalized spacial score (nSPS) is 31.5. The Morgan fingerprint density at radius 2 is 1.82 bits per heavy atom. The van der Waals surface area contributed by atoms with Crippen molar-refractivity contribution >= 4 is 43.2 Å². The minimum Gasteiger partial charge on any atom is -0.388 e. The fourth-order valence-corrected chi connectivity index (χ4v) is 5.99. The van der Waals surface area contributed by atoms with Crippen molar-refractivity contribution in [3.05, 3.63) is 19.2 Å². The minimum absolute atomic E-state index is 0.322. The molecule has 1 aromatic heterocycles. The van der Waals surface area contributed by atoms with E-state index >= 15 is 0 Å². The van der Waals surface area contributed by atoms with Gasteiger partial charge < -0.3 is 5.11 Å². The first-order valence-corrected chi connectivity index (χ1v) is 8.50. The molecule has 4 heteroatoms. The third-order valence-electron chi connectivity index (χ3n) is 3.66. The van der Waals surface area contributed by atoms with Crippen molar-refractivity contribution in [2.24, 2.45) is 17.8 Å². The van der Waals surface area contributed by atoms with Gasteiger partial charge >= 0.3 is 0 Å². The van der Waals surface area contributed by atoms with Gasteiger partial charge in [-0.3, -0.25) is 0 Å². The van der Waals surface area contributed by atoms with Gasteiger partial charge in [-0.2, -0.15) is 0 Å². The Labute approximate surface area is 124 Å². The smallest absolute Gasteiger partial charge is 0.0837 e. The zero-order valence-corrected chi connectivity index (χ0v) is 14.1. The van der Waals surface area contributed by atoms with Gasteiger partial charge in [0.15, 0.2) is 0 Å². The van der Waals surface area contributed by atoms with E-state index in [0.29, 0.717) is 5.92 Å². The predicted octanol–water partition coefficient (Wildman–Crippen LogP) is 5.38. The lowest BCUT2D eigenvalue weighted by Crippen LogP contribution is -2.24. The molecule has 0 aromatic carbocycles. The molecule has 1 heterocycles. The van der Waals surface area contributed by atoms with E-state index in [4.69, 9.17) is 0 Å². The molecular weight excluding hydrogens is 364 g/mol. The maximum absolute atomic E-state index is 10.5. The molecule has 1 aliphatic rings. The molecule has 2 rings (SSSR count). The van der Waals surface area contributed by atoms with E-state index in [9.17, 15) is 5.11 Å². The molecule has 3 unspecified atom stereocenters. The number of halogens is 2. The zero-order chi connectivity index (χ0) is 12.6. The van der Waals surface area contributed by atoms with Gasteiger partial charge in [-0.15, -0.1) is 11.3 Å². The van der Waals surface area contributed by atoms with E-state index in [1.54, 1.807) is 11.3 Å². The van der Waals surface area contributed by atoms with Crippen LogP contribution in [0.5, 0.6) is 0 Å². The van der Waals surface area contributed by atoms with E-state index in [1.807, 2.05) is 6.07 Å². The fraction of sp³-hybridized carbons (Fsp3) is 0.692. The van der Waals surface area contributed by atoms with Gasteiger partial charge in [0.2, 0.25) is 0 Å². The summed E-state index contributed by atoms with van der Waals surface area (Å²) in [7, 11) is 0. The Balaban J connectivity index is 2.14. The molecule has 1 aromatic rings. The summed E-state index contributed by atoms with van der Waals surface area (Å²) < 4.78 is 2.14. The van der Waals surface area contributed by atoms with E-state index < -0.39 is 0 Å². The predicted molar refractivity (Wildman–Crippen MR) is 80.3 cm³/mol. The summed E-state index contributed by atoms with van der Waals surface area (Å²) in [6.07, 6.45) is 3.27. The SMILES string of the molecule is CC1CC(C)CC(C(O)c2cc(Br)sc2Br)C1. The van der Waals surface area contributed by atoms with Crippen molar-refractivity contribution in [2.75, 3.05) is 0 Å². The largest absolute Gasteiger partial charge is 0.388 e. The van der Waals surface area contributed by atoms with Crippen LogP contribution in [0, 0.1) is 17.8 Å². The molecule has 0 spiro atoms. The van der Waals surface area contributed by atoms with Crippen LogP contribution < -0.4 is 0 Å². The highest BCUT2D eigenvalue weighted by atomic mass is 79.9. The minimum atomic E-state index is -0.322. The van der Waals surface area contributed by atoms with Crippen LogP contribution in [0.2, 0.25) is 0 Å². The molecule has 96 valence electrons. The van der Waals surface area contributed by atoms with Gasteiger partial charge in [-0.1, -0.05) is 13.8 Å². The Morgan fingerprint density at radius 3 is 2.29 bits per heavy atom. The Kier molecular flexibility index (Phi) is 4.73. The maximum atomic E-state index is 10.5. The first-order valence-electron chi connectivity index (χ1n) is 6.10. The monoisotopic (exact) mass is 380 g/mol. The lowest BCUT2D eigenvalue weighted by molar-refractivity contribution is 0.0550. The van der Waals surface area contributed by atoms with Crippen molar-refractivity contribution < 1.29 is 5.11 Å². The van der Waals surface area contributed by atoms with Crippen LogP contribution in [0.1, 0.15) is 44.8 Å². The van der Waals surface area contributed by atoms with Crippen LogP contribution in [0.4, 0.5) is 0 Å². The van der Waals surface area contributed by atoms with Crippen molar-refractivity contribution in [3.63, 3.8) is 0 Å². The van der Waals surface area contributed by atoms with Gasteiger partial charge in [-0.05, 0) is 74.9 Å². The van der Waals surface area contributed by atoms with Gasteiger partial charge in [0, 0.05) is 5.56 Å². The molecule has 0 bridgehead atoms. The average Bonchev–Trinajstić information content (AvgIpc) is 2.55. The molecule has 0 radical (unpaired) electrons. The van der Waals surface area contributed by atoms with Gasteiger partial charge in [0.05, 0.1) is 13.7 Å². The number of aliphatic hydroxyl groups is 1. The van der Waals surface area contributed by atoms with Crippen LogP contribution in [0.3, 0.4) is 0 Å². The summed E-state index contributed by atoms with van der Waals surface area (Å²) in [5.41, 5.74) is 1.05. The number of aliphatic hydroxyl groups excluding tert-OH is 1. The lowest BCUT2D eigenvalue weighted by Gasteiger charge is -2.34. The highest BCUT2D eigenvalue weighted by molar-refractivity contribution is 9.12. The molecule has 0 saturated heterocycles. The second-order valence-corrected chi connectivity index (χ2v) is 9.15. The molecule has 0 aliphatic heterocycles. The lowest BCUT2D eigenvalue weighted by atomic mass is 9.73. The van der Waals surface area contributed by atoms with Crippen LogP contribution >= 0.6 is 43.2 Å². The van der Waals surface area contributed by atoms with E-state index in [0.717, 1.165) is 37.8 Å². The molecule has 1 N–H and O–H groups in total. The Hall–Kier alpha value is 0.620. The average molecular weight is 382 g/mol. The molecular formula is C13H18Br2OS. The topological polar surface area (TPSA) is 20.2 Å². The highest BCUT2D eigenvalue weighted by Gasteiger charge is 2.31. The highest BCUT2D eigenvalue weighted by Crippen LogP contribution is 2.44. The van der Waals surface area contributed by atoms with Crippen molar-refractivity contribution in [2.45, 2.75) is 39.2 Å². The molecule has 0 amide bonds. The van der Waals surface area contributed by atoms with Crippen LogP contribution in [0.15, 0.2) is 13.6 Å². The molecule has 1 saturated carbocycles. The summed E-state index contributed by atoms with van der Waals surface area (Å²) >= 11 is 8.66. The number of rotatable bonds is 2. The summed E-state index contributed by atoms with van der Waals surface area (Å²) in [5, 5.41) is 10.5. The molecule has 1 nitrogen and oxygen atoms in total. The van der Waals surface area contributed by atoms with Crippen LogP contribution in [-0.2, 0) is 0 Å². The van der Waals surface area contributed by atoms with Crippen LogP contribution in [-0.4, -0.2) is 5.11 Å². The maximum Gasteiger partial charge on any atom is 0.0837 e. The number of hydrogen-bond donors (Lipinski definition) is 1. The zero-order valence-electron chi connectivity index (χ0n) is 10.1. The summed E-state index contributed by atoms with van der Waals surface area (Å²) in [4.78, 5) is 0. The van der Waals surface area contributed by atoms with Crippen molar-refractivity contribution in [3.8, 4) is 0 Å². The summed E-state index contributed by atoms with van der Waals surface area (Å²) in [6.45, 7) is 4.60. The molecule has 17 heavy (non-hydrogen) atoms. The second kappa shape index (κ2) is 5.72. The third kappa shape index (κ3) is 3.34. The van der Waals surface area contributed by atoms with E-state index in [-0.39, 0.29) is 6.10 Å². The Bertz CT molecular complexity index is 381.